The van der Waals surface area contributed by atoms with Crippen molar-refractivity contribution in [3.63, 3.8) is 0 Å². The van der Waals surface area contributed by atoms with Crippen LogP contribution < -0.4 is 9.57 Å². The van der Waals surface area contributed by atoms with E-state index in [9.17, 15) is 4.79 Å². The molecule has 0 aliphatic carbocycles. The van der Waals surface area contributed by atoms with Crippen molar-refractivity contribution >= 4 is 17.6 Å². The number of hydrogen-bond donors (Lipinski definition) is 0. The number of esters is 1. The van der Waals surface area contributed by atoms with Gasteiger partial charge in [-0.1, -0.05) is 11.6 Å². The fourth-order valence-corrected chi connectivity index (χ4v) is 1.43. The van der Waals surface area contributed by atoms with Crippen molar-refractivity contribution in [3.05, 3.63) is 28.5 Å². The van der Waals surface area contributed by atoms with Gasteiger partial charge < -0.3 is 4.74 Å². The zero-order valence-electron chi connectivity index (χ0n) is 8.20. The van der Waals surface area contributed by atoms with E-state index in [0.717, 1.165) is 0 Å². The Kier molecular flexibility index (Phi) is 3.30. The minimum Gasteiger partial charge on any atom is -0.465 e. The van der Waals surface area contributed by atoms with E-state index in [1.807, 2.05) is 0 Å². The minimum atomic E-state index is -0.473. The van der Waals surface area contributed by atoms with Gasteiger partial charge in [0, 0.05) is 17.7 Å². The fourth-order valence-electron chi connectivity index (χ4n) is 1.16. The van der Waals surface area contributed by atoms with Gasteiger partial charge >= 0.3 is 5.97 Å². The number of carbonyl (C=O) groups excluding carboxylic acids is 1. The topological polar surface area (TPSA) is 39.4 Å². The standard InChI is InChI=1S/C9H11ClNO3/c1-6-8(9(12)13-2)7(10)4-5-11(6)14-3/h4-5H,1-3H3/q+1. The van der Waals surface area contributed by atoms with Crippen LogP contribution in [0.5, 0.6) is 0 Å². The Bertz CT molecular complexity index is 365. The third-order valence-electron chi connectivity index (χ3n) is 1.87. The highest BCUT2D eigenvalue weighted by Gasteiger charge is 2.23. The van der Waals surface area contributed by atoms with Crippen LogP contribution in [0.4, 0.5) is 0 Å². The normalized spacial score (nSPS) is 9.71. The van der Waals surface area contributed by atoms with Crippen molar-refractivity contribution in [1.82, 2.24) is 0 Å². The zero-order chi connectivity index (χ0) is 10.7. The highest BCUT2D eigenvalue weighted by atomic mass is 35.5. The molecule has 0 spiro atoms. The summed E-state index contributed by atoms with van der Waals surface area (Å²) >= 11 is 5.86. The maximum Gasteiger partial charge on any atom is 0.346 e. The second-order valence-electron chi connectivity index (χ2n) is 2.62. The van der Waals surface area contributed by atoms with Crippen LogP contribution >= 0.6 is 11.6 Å². The van der Waals surface area contributed by atoms with Crippen LogP contribution in [0.2, 0.25) is 5.02 Å². The maximum atomic E-state index is 11.3. The molecule has 1 aromatic heterocycles. The molecular weight excluding hydrogens is 206 g/mol. The first kappa shape index (κ1) is 10.8. The Labute approximate surface area is 87.0 Å². The summed E-state index contributed by atoms with van der Waals surface area (Å²) in [7, 11) is 2.81. The van der Waals surface area contributed by atoms with Crippen molar-refractivity contribution in [2.24, 2.45) is 0 Å². The molecule has 14 heavy (non-hydrogen) atoms. The Hall–Kier alpha value is -1.29. The van der Waals surface area contributed by atoms with Gasteiger partial charge in [-0.15, -0.1) is 0 Å². The lowest BCUT2D eigenvalue weighted by atomic mass is 10.2. The van der Waals surface area contributed by atoms with Crippen LogP contribution in [0, 0.1) is 6.92 Å². The van der Waals surface area contributed by atoms with Gasteiger partial charge in [0.1, 0.15) is 12.7 Å². The first-order valence-corrected chi connectivity index (χ1v) is 4.33. The molecule has 1 aromatic rings. The number of ether oxygens (including phenoxy) is 1. The first-order chi connectivity index (χ1) is 6.61. The zero-order valence-corrected chi connectivity index (χ0v) is 8.96. The molecule has 76 valence electrons. The van der Waals surface area contributed by atoms with Crippen molar-refractivity contribution in [1.29, 1.82) is 0 Å². The van der Waals surface area contributed by atoms with E-state index in [-0.39, 0.29) is 0 Å². The monoisotopic (exact) mass is 216 g/mol. The number of hydrogen-bond acceptors (Lipinski definition) is 3. The molecule has 1 heterocycles. The molecule has 0 aliphatic rings. The second kappa shape index (κ2) is 4.28. The second-order valence-corrected chi connectivity index (χ2v) is 3.03. The molecule has 0 saturated heterocycles. The summed E-state index contributed by atoms with van der Waals surface area (Å²) in [6.07, 6.45) is 1.63. The fraction of sp³-hybridized carbons (Fsp3) is 0.333. The quantitative estimate of drug-likeness (QED) is 0.542. The molecule has 4 nitrogen and oxygen atoms in total. The van der Waals surface area contributed by atoms with Crippen LogP contribution in [-0.2, 0) is 4.74 Å². The van der Waals surface area contributed by atoms with Crippen molar-refractivity contribution in [2.45, 2.75) is 6.92 Å². The largest absolute Gasteiger partial charge is 0.465 e. The lowest BCUT2D eigenvalue weighted by molar-refractivity contribution is -0.889. The number of pyridine rings is 1. The lowest BCUT2D eigenvalue weighted by Gasteiger charge is -2.03. The number of methoxy groups -OCH3 is 1. The molecule has 0 bridgehead atoms. The van der Waals surface area contributed by atoms with E-state index in [1.165, 1.54) is 19.0 Å². The summed E-state index contributed by atoms with van der Waals surface area (Å²) in [6, 6.07) is 1.57. The molecule has 0 amide bonds. The van der Waals surface area contributed by atoms with E-state index >= 15 is 0 Å². The van der Waals surface area contributed by atoms with Crippen LogP contribution in [0.15, 0.2) is 12.3 Å². The molecule has 0 atom stereocenters. The number of nitrogens with zero attached hydrogens (tertiary/aromatic N) is 1. The number of aromatic nitrogens is 1. The number of halogens is 1. The molecule has 0 unspecified atom stereocenters. The summed E-state index contributed by atoms with van der Waals surface area (Å²) in [5.41, 5.74) is 0.922. The molecular formula is C9H11ClNO3+. The average molecular weight is 217 g/mol. The van der Waals surface area contributed by atoms with Crippen LogP contribution in [-0.4, -0.2) is 20.2 Å². The highest BCUT2D eigenvalue weighted by molar-refractivity contribution is 6.33. The molecule has 1 rings (SSSR count). The molecule has 0 N–H and O–H groups in total. The van der Waals surface area contributed by atoms with Gasteiger partial charge in [-0.3, -0.25) is 4.84 Å². The summed E-state index contributed by atoms with van der Waals surface area (Å²) in [6.45, 7) is 1.72. The summed E-state index contributed by atoms with van der Waals surface area (Å²) in [5.74, 6) is -0.473. The first-order valence-electron chi connectivity index (χ1n) is 3.95. The van der Waals surface area contributed by atoms with Gasteiger partial charge in [-0.2, -0.15) is 0 Å². The predicted molar refractivity (Wildman–Crippen MR) is 50.2 cm³/mol. The van der Waals surface area contributed by atoms with Gasteiger partial charge in [0.05, 0.1) is 12.1 Å². The van der Waals surface area contributed by atoms with E-state index in [4.69, 9.17) is 16.4 Å². The Morgan fingerprint density at radius 3 is 2.64 bits per heavy atom. The van der Waals surface area contributed by atoms with E-state index < -0.39 is 5.97 Å². The molecule has 0 aromatic carbocycles. The van der Waals surface area contributed by atoms with Gasteiger partial charge in [0.15, 0.2) is 0 Å². The average Bonchev–Trinajstić information content (AvgIpc) is 2.18. The molecule has 0 aliphatic heterocycles. The Morgan fingerprint density at radius 1 is 1.50 bits per heavy atom. The summed E-state index contributed by atoms with van der Waals surface area (Å²) < 4.78 is 6.05. The van der Waals surface area contributed by atoms with Crippen molar-refractivity contribution < 1.29 is 19.1 Å². The van der Waals surface area contributed by atoms with Gasteiger partial charge in [0.2, 0.25) is 11.9 Å². The molecule has 0 fully saturated rings. The van der Waals surface area contributed by atoms with E-state index in [2.05, 4.69) is 4.74 Å². The predicted octanol–water partition coefficient (Wildman–Crippen LogP) is 0.781. The number of rotatable bonds is 2. The van der Waals surface area contributed by atoms with E-state index in [1.54, 1.807) is 19.2 Å². The summed E-state index contributed by atoms with van der Waals surface area (Å²) in [5, 5.41) is 0.350. The molecule has 5 heteroatoms. The Morgan fingerprint density at radius 2 is 2.14 bits per heavy atom. The maximum absolute atomic E-state index is 11.3. The van der Waals surface area contributed by atoms with Crippen LogP contribution in [0.25, 0.3) is 0 Å². The molecule has 0 radical (unpaired) electrons. The summed E-state index contributed by atoms with van der Waals surface area (Å²) in [4.78, 5) is 16.3. The van der Waals surface area contributed by atoms with Gasteiger partial charge in [0.25, 0.3) is 0 Å². The van der Waals surface area contributed by atoms with Crippen LogP contribution in [0.3, 0.4) is 0 Å². The van der Waals surface area contributed by atoms with Gasteiger partial charge in [-0.05, 0) is 0 Å². The van der Waals surface area contributed by atoms with E-state index in [0.29, 0.717) is 16.3 Å². The number of carbonyl (C=O) groups is 1. The minimum absolute atomic E-state index is 0.318. The van der Waals surface area contributed by atoms with Crippen LogP contribution in [0.1, 0.15) is 16.1 Å². The van der Waals surface area contributed by atoms with Gasteiger partial charge in [-0.25, -0.2) is 4.79 Å². The van der Waals surface area contributed by atoms with Crippen molar-refractivity contribution in [2.75, 3.05) is 14.2 Å². The Balaban J connectivity index is 3.32. The SMILES string of the molecule is COC(=O)c1c(Cl)cc[n+](OC)c1C. The molecule has 0 saturated carbocycles. The third-order valence-corrected chi connectivity index (χ3v) is 2.19. The third kappa shape index (κ3) is 1.80. The highest BCUT2D eigenvalue weighted by Crippen LogP contribution is 2.17. The lowest BCUT2D eigenvalue weighted by Crippen LogP contribution is -2.44. The van der Waals surface area contributed by atoms with Crippen molar-refractivity contribution in [3.8, 4) is 0 Å². The smallest absolute Gasteiger partial charge is 0.346 e.